The summed E-state index contributed by atoms with van der Waals surface area (Å²) in [4.78, 5) is 45.4. The van der Waals surface area contributed by atoms with Gasteiger partial charge in [-0.15, -0.1) is 0 Å². The molecule has 4 aliphatic rings. The number of imide groups is 1. The molecule has 0 N–H and O–H groups in total. The molecule has 2 heterocycles. The third-order valence-corrected chi connectivity index (χ3v) is 7.73. The van der Waals surface area contributed by atoms with Gasteiger partial charge >= 0.3 is 5.97 Å². The molecule has 0 aromatic heterocycles. The zero-order valence-electron chi connectivity index (χ0n) is 19.5. The quantitative estimate of drug-likeness (QED) is 0.371. The van der Waals surface area contributed by atoms with Gasteiger partial charge in [-0.1, -0.05) is 5.16 Å². The summed E-state index contributed by atoms with van der Waals surface area (Å²) in [5.74, 6) is -0.251. The molecule has 2 aliphatic heterocycles. The number of hydrogen-bond donors (Lipinski definition) is 0. The van der Waals surface area contributed by atoms with E-state index >= 15 is 0 Å². The number of oxime groups is 1. The Morgan fingerprint density at radius 2 is 1.63 bits per heavy atom. The van der Waals surface area contributed by atoms with Gasteiger partial charge in [-0.2, -0.15) is 0 Å². The average molecular weight is 476 g/mol. The van der Waals surface area contributed by atoms with Gasteiger partial charge in [-0.05, 0) is 48.7 Å². The van der Waals surface area contributed by atoms with Crippen molar-refractivity contribution in [3.8, 4) is 17.2 Å². The van der Waals surface area contributed by atoms with Crippen LogP contribution >= 0.6 is 0 Å². The van der Waals surface area contributed by atoms with Crippen molar-refractivity contribution in [1.29, 1.82) is 0 Å². The minimum Gasteiger partial charge on any atom is -0.497 e. The summed E-state index contributed by atoms with van der Waals surface area (Å²) in [5, 5.41) is 4.40. The lowest BCUT2D eigenvalue weighted by molar-refractivity contribution is -0.132. The standard InChI is InChI=1S/C26H24N2O7/c1-12(29)34-14-6-4-13(5-7-14)28-25(30)20-17-11-18(21(20)26(28)31)24-22(17)23(27-35-24)16-9-8-15(32-2)10-19(16)33-3/h4-10,17-18,20-22,24H,11H2,1-3H3/t17-,18+,20-,21+,22+,24+/m1/s1. The van der Waals surface area contributed by atoms with Crippen LogP contribution in [0.25, 0.3) is 0 Å². The van der Waals surface area contributed by atoms with Gasteiger partial charge in [0.1, 0.15) is 23.4 Å². The van der Waals surface area contributed by atoms with Gasteiger partial charge in [-0.25, -0.2) is 0 Å². The summed E-state index contributed by atoms with van der Waals surface area (Å²) in [6.45, 7) is 1.32. The van der Waals surface area contributed by atoms with Gasteiger partial charge < -0.3 is 19.0 Å². The summed E-state index contributed by atoms with van der Waals surface area (Å²) < 4.78 is 16.0. The second-order valence-corrected chi connectivity index (χ2v) is 9.35. The topological polar surface area (TPSA) is 104 Å². The molecule has 180 valence electrons. The Morgan fingerprint density at radius 1 is 0.943 bits per heavy atom. The van der Waals surface area contributed by atoms with Crippen LogP contribution in [0.15, 0.2) is 47.6 Å². The summed E-state index contributed by atoms with van der Waals surface area (Å²) in [7, 11) is 3.18. The van der Waals surface area contributed by atoms with E-state index in [4.69, 9.17) is 19.0 Å². The lowest BCUT2D eigenvalue weighted by Crippen LogP contribution is -2.41. The monoisotopic (exact) mass is 476 g/mol. The van der Waals surface area contributed by atoms with Gasteiger partial charge in [0.15, 0.2) is 0 Å². The fraction of sp³-hybridized carbons (Fsp3) is 0.385. The molecule has 0 radical (unpaired) electrons. The molecule has 6 rings (SSSR count). The van der Waals surface area contributed by atoms with E-state index in [1.165, 1.54) is 11.8 Å². The van der Waals surface area contributed by atoms with E-state index in [0.29, 0.717) is 22.9 Å². The fourth-order valence-electron chi connectivity index (χ4n) is 6.44. The number of carbonyl (C=O) groups is 3. The number of amides is 2. The van der Waals surface area contributed by atoms with Crippen molar-refractivity contribution < 1.29 is 33.4 Å². The van der Waals surface area contributed by atoms with Crippen LogP contribution in [0.2, 0.25) is 0 Å². The smallest absolute Gasteiger partial charge is 0.308 e. The SMILES string of the molecule is COc1ccc(C2=NO[C@H]3[C@H]4C[C@@H]([C@@H]23)[C@H]2C(=O)N(c3ccc(OC(C)=O)cc3)C(=O)[C@@H]42)c(OC)c1. The molecule has 2 aliphatic carbocycles. The van der Waals surface area contributed by atoms with Crippen LogP contribution in [0.4, 0.5) is 5.69 Å². The highest BCUT2D eigenvalue weighted by atomic mass is 16.6. The second-order valence-electron chi connectivity index (χ2n) is 9.35. The molecule has 1 saturated heterocycles. The van der Waals surface area contributed by atoms with Crippen molar-refractivity contribution >= 4 is 29.2 Å². The van der Waals surface area contributed by atoms with Crippen LogP contribution in [-0.4, -0.2) is 43.8 Å². The normalized spacial score (nSPS) is 30.0. The van der Waals surface area contributed by atoms with Crippen LogP contribution in [0.5, 0.6) is 17.2 Å². The van der Waals surface area contributed by atoms with Crippen LogP contribution in [0.1, 0.15) is 18.9 Å². The van der Waals surface area contributed by atoms with E-state index in [0.717, 1.165) is 17.7 Å². The van der Waals surface area contributed by atoms with Gasteiger partial charge in [-0.3, -0.25) is 19.3 Å². The maximum Gasteiger partial charge on any atom is 0.308 e. The molecule has 3 fully saturated rings. The van der Waals surface area contributed by atoms with Gasteiger partial charge in [0.2, 0.25) is 11.8 Å². The molecular weight excluding hydrogens is 452 g/mol. The van der Waals surface area contributed by atoms with Crippen LogP contribution in [-0.2, 0) is 19.2 Å². The summed E-state index contributed by atoms with van der Waals surface area (Å²) in [6, 6.07) is 12.0. The van der Waals surface area contributed by atoms with E-state index in [9.17, 15) is 14.4 Å². The van der Waals surface area contributed by atoms with Gasteiger partial charge in [0.25, 0.3) is 0 Å². The number of anilines is 1. The molecule has 2 aromatic carbocycles. The molecule has 6 atom stereocenters. The number of nitrogens with zero attached hydrogens (tertiary/aromatic N) is 2. The zero-order valence-corrected chi connectivity index (χ0v) is 19.5. The molecule has 2 amide bonds. The highest BCUT2D eigenvalue weighted by molar-refractivity contribution is 6.23. The first-order chi connectivity index (χ1) is 16.9. The summed E-state index contributed by atoms with van der Waals surface area (Å²) >= 11 is 0. The minimum atomic E-state index is -0.435. The lowest BCUT2D eigenvalue weighted by Gasteiger charge is -2.30. The minimum absolute atomic E-state index is 0.0511. The number of ether oxygens (including phenoxy) is 3. The van der Waals surface area contributed by atoms with Crippen molar-refractivity contribution in [2.75, 3.05) is 19.1 Å². The molecule has 0 spiro atoms. The summed E-state index contributed by atoms with van der Waals surface area (Å²) in [5.41, 5.74) is 2.03. The second kappa shape index (κ2) is 7.83. The van der Waals surface area contributed by atoms with E-state index in [2.05, 4.69) is 5.16 Å². The van der Waals surface area contributed by atoms with E-state index < -0.39 is 17.8 Å². The molecule has 2 saturated carbocycles. The Bertz CT molecular complexity index is 1270. The number of fused-ring (bicyclic) bond motifs is 8. The number of rotatable bonds is 5. The predicted octanol–water partition coefficient (Wildman–Crippen LogP) is 2.80. The average Bonchev–Trinajstić information content (AvgIpc) is 3.59. The van der Waals surface area contributed by atoms with Crippen molar-refractivity contribution in [3.63, 3.8) is 0 Å². The van der Waals surface area contributed by atoms with Crippen molar-refractivity contribution in [2.24, 2.45) is 34.7 Å². The van der Waals surface area contributed by atoms with Crippen LogP contribution < -0.4 is 19.1 Å². The highest BCUT2D eigenvalue weighted by Gasteiger charge is 2.70. The number of esters is 1. The predicted molar refractivity (Wildman–Crippen MR) is 123 cm³/mol. The zero-order chi connectivity index (χ0) is 24.4. The van der Waals surface area contributed by atoms with Crippen molar-refractivity contribution in [1.82, 2.24) is 0 Å². The Labute approximate surface area is 201 Å². The molecule has 9 nitrogen and oxygen atoms in total. The Hall–Kier alpha value is -3.88. The molecule has 2 bridgehead atoms. The summed E-state index contributed by atoms with van der Waals surface area (Å²) in [6.07, 6.45) is 0.505. The van der Waals surface area contributed by atoms with Crippen LogP contribution in [0, 0.1) is 29.6 Å². The first-order valence-electron chi connectivity index (χ1n) is 11.5. The van der Waals surface area contributed by atoms with Crippen LogP contribution in [0.3, 0.4) is 0 Å². The van der Waals surface area contributed by atoms with E-state index in [1.807, 2.05) is 12.1 Å². The Kier molecular flexibility index (Phi) is 4.84. The Balaban J connectivity index is 1.30. The molecule has 2 aromatic rings. The van der Waals surface area contributed by atoms with Gasteiger partial charge in [0, 0.05) is 30.4 Å². The van der Waals surface area contributed by atoms with E-state index in [1.54, 1.807) is 44.6 Å². The fourth-order valence-corrected chi connectivity index (χ4v) is 6.44. The third kappa shape index (κ3) is 3.07. The van der Waals surface area contributed by atoms with Gasteiger partial charge in [0.05, 0.1) is 37.5 Å². The molecule has 35 heavy (non-hydrogen) atoms. The molecular formula is C26H24N2O7. The number of benzene rings is 2. The first-order valence-corrected chi connectivity index (χ1v) is 11.5. The third-order valence-electron chi connectivity index (χ3n) is 7.73. The lowest BCUT2D eigenvalue weighted by atomic mass is 9.71. The maximum atomic E-state index is 13.6. The van der Waals surface area contributed by atoms with Crippen molar-refractivity contribution in [3.05, 3.63) is 48.0 Å². The number of hydrogen-bond acceptors (Lipinski definition) is 8. The molecule has 9 heteroatoms. The highest BCUT2D eigenvalue weighted by Crippen LogP contribution is 2.62. The van der Waals surface area contributed by atoms with E-state index in [-0.39, 0.29) is 35.7 Å². The molecule has 0 unspecified atom stereocenters. The number of methoxy groups -OCH3 is 2. The number of carbonyl (C=O) groups excluding carboxylic acids is 3. The Morgan fingerprint density at radius 3 is 2.29 bits per heavy atom. The maximum absolute atomic E-state index is 13.6. The van der Waals surface area contributed by atoms with Crippen molar-refractivity contribution in [2.45, 2.75) is 19.4 Å². The first kappa shape index (κ1) is 21.6. The largest absolute Gasteiger partial charge is 0.497 e.